The van der Waals surface area contributed by atoms with Crippen LogP contribution in [0.1, 0.15) is 31.1 Å². The Morgan fingerprint density at radius 1 is 1.35 bits per heavy atom. The molecule has 1 aromatic heterocycles. The van der Waals surface area contributed by atoms with E-state index in [0.717, 1.165) is 18.9 Å². The Morgan fingerprint density at radius 3 is 2.55 bits per heavy atom. The minimum absolute atomic E-state index is 0.0380. The molecular formula is C15H26N4O. The molecule has 0 saturated carbocycles. The molecule has 1 rings (SSSR count). The van der Waals surface area contributed by atoms with Gasteiger partial charge in [0.2, 0.25) is 0 Å². The number of anilines is 1. The zero-order valence-corrected chi connectivity index (χ0v) is 13.2. The number of aromatic nitrogens is 1. The van der Waals surface area contributed by atoms with Crippen molar-refractivity contribution in [3.63, 3.8) is 0 Å². The Hall–Kier alpha value is -1.62. The fourth-order valence-electron chi connectivity index (χ4n) is 2.15. The smallest absolute Gasteiger partial charge is 0.252 e. The Kier molecular flexibility index (Phi) is 5.95. The number of hydrogen-bond acceptors (Lipinski definition) is 4. The third-order valence-corrected chi connectivity index (χ3v) is 2.86. The number of nitrogens with one attached hydrogen (secondary N) is 2. The molecule has 5 heteroatoms. The van der Waals surface area contributed by atoms with Gasteiger partial charge in [-0.1, -0.05) is 13.8 Å². The molecule has 0 aliphatic carbocycles. The Labute approximate surface area is 121 Å². The van der Waals surface area contributed by atoms with Crippen LogP contribution in [-0.2, 0) is 0 Å². The normalized spacial score (nSPS) is 11.5. The zero-order valence-electron chi connectivity index (χ0n) is 13.2. The van der Waals surface area contributed by atoms with Crippen molar-refractivity contribution in [2.24, 2.45) is 5.41 Å². The SMILES string of the molecule is CCNc1ccc(C(=O)NCC(C)(C)CN(C)C)cn1. The highest BCUT2D eigenvalue weighted by molar-refractivity contribution is 5.94. The van der Waals surface area contributed by atoms with E-state index in [1.54, 1.807) is 12.3 Å². The maximum absolute atomic E-state index is 12.1. The number of carbonyl (C=O) groups is 1. The van der Waals surface area contributed by atoms with Gasteiger partial charge in [-0.15, -0.1) is 0 Å². The molecule has 2 N–H and O–H groups in total. The fourth-order valence-corrected chi connectivity index (χ4v) is 2.15. The van der Waals surface area contributed by atoms with Gasteiger partial charge < -0.3 is 15.5 Å². The second-order valence-corrected chi connectivity index (χ2v) is 6.05. The van der Waals surface area contributed by atoms with Gasteiger partial charge in [-0.2, -0.15) is 0 Å². The minimum atomic E-state index is -0.0765. The summed E-state index contributed by atoms with van der Waals surface area (Å²) in [6, 6.07) is 3.61. The van der Waals surface area contributed by atoms with E-state index in [0.29, 0.717) is 12.1 Å². The molecule has 0 aromatic carbocycles. The van der Waals surface area contributed by atoms with Crippen LogP contribution in [0.4, 0.5) is 5.82 Å². The summed E-state index contributed by atoms with van der Waals surface area (Å²) in [6.07, 6.45) is 1.60. The average molecular weight is 278 g/mol. The first kappa shape index (κ1) is 16.4. The number of hydrogen-bond donors (Lipinski definition) is 2. The van der Waals surface area contributed by atoms with Crippen LogP contribution in [-0.4, -0.2) is 49.5 Å². The topological polar surface area (TPSA) is 57.3 Å². The second kappa shape index (κ2) is 7.24. The van der Waals surface area contributed by atoms with E-state index in [1.807, 2.05) is 27.1 Å². The van der Waals surface area contributed by atoms with Crippen molar-refractivity contribution in [3.8, 4) is 0 Å². The quantitative estimate of drug-likeness (QED) is 0.799. The summed E-state index contributed by atoms with van der Waals surface area (Å²) >= 11 is 0. The predicted octanol–water partition coefficient (Wildman–Crippen LogP) is 1.83. The number of carbonyl (C=O) groups excluding carboxylic acids is 1. The first-order valence-electron chi connectivity index (χ1n) is 6.97. The van der Waals surface area contributed by atoms with E-state index in [-0.39, 0.29) is 11.3 Å². The molecule has 0 unspecified atom stereocenters. The third kappa shape index (κ3) is 5.57. The van der Waals surface area contributed by atoms with Crippen molar-refractivity contribution in [3.05, 3.63) is 23.9 Å². The van der Waals surface area contributed by atoms with Gasteiger partial charge in [0.15, 0.2) is 0 Å². The molecule has 1 aromatic rings. The fraction of sp³-hybridized carbons (Fsp3) is 0.600. The van der Waals surface area contributed by atoms with Crippen LogP contribution >= 0.6 is 0 Å². The van der Waals surface area contributed by atoms with Gasteiger partial charge in [0, 0.05) is 25.8 Å². The average Bonchev–Trinajstić information content (AvgIpc) is 2.36. The van der Waals surface area contributed by atoms with Crippen molar-refractivity contribution in [2.45, 2.75) is 20.8 Å². The van der Waals surface area contributed by atoms with Gasteiger partial charge in [0.1, 0.15) is 5.82 Å². The van der Waals surface area contributed by atoms with E-state index in [1.165, 1.54) is 0 Å². The van der Waals surface area contributed by atoms with Gasteiger partial charge in [-0.3, -0.25) is 4.79 Å². The lowest BCUT2D eigenvalue weighted by atomic mass is 9.93. The molecule has 0 spiro atoms. The van der Waals surface area contributed by atoms with Crippen molar-refractivity contribution < 1.29 is 4.79 Å². The Balaban J connectivity index is 2.54. The van der Waals surface area contributed by atoms with Gasteiger partial charge in [-0.05, 0) is 38.6 Å². The molecule has 20 heavy (non-hydrogen) atoms. The van der Waals surface area contributed by atoms with Crippen LogP contribution in [0.5, 0.6) is 0 Å². The molecule has 0 bridgehead atoms. The summed E-state index contributed by atoms with van der Waals surface area (Å²) in [5.41, 5.74) is 0.628. The highest BCUT2D eigenvalue weighted by atomic mass is 16.1. The second-order valence-electron chi connectivity index (χ2n) is 6.05. The number of pyridine rings is 1. The van der Waals surface area contributed by atoms with E-state index in [9.17, 15) is 4.79 Å². The van der Waals surface area contributed by atoms with E-state index in [4.69, 9.17) is 0 Å². The van der Waals surface area contributed by atoms with E-state index >= 15 is 0 Å². The molecule has 0 saturated heterocycles. The highest BCUT2D eigenvalue weighted by Gasteiger charge is 2.20. The van der Waals surface area contributed by atoms with Gasteiger partial charge in [0.05, 0.1) is 5.56 Å². The van der Waals surface area contributed by atoms with Crippen LogP contribution < -0.4 is 10.6 Å². The molecule has 0 aliphatic rings. The number of rotatable bonds is 7. The summed E-state index contributed by atoms with van der Waals surface area (Å²) in [5, 5.41) is 6.07. The lowest BCUT2D eigenvalue weighted by Gasteiger charge is -2.28. The molecule has 0 radical (unpaired) electrons. The summed E-state index contributed by atoms with van der Waals surface area (Å²) < 4.78 is 0. The van der Waals surface area contributed by atoms with Gasteiger partial charge in [-0.25, -0.2) is 4.98 Å². The van der Waals surface area contributed by atoms with E-state index < -0.39 is 0 Å². The summed E-state index contributed by atoms with van der Waals surface area (Å²) in [7, 11) is 4.07. The zero-order chi connectivity index (χ0) is 15.2. The summed E-state index contributed by atoms with van der Waals surface area (Å²) in [5.74, 6) is 0.712. The first-order chi connectivity index (χ1) is 9.34. The number of nitrogens with zero attached hydrogens (tertiary/aromatic N) is 2. The van der Waals surface area contributed by atoms with Crippen LogP contribution in [0.3, 0.4) is 0 Å². The Morgan fingerprint density at radius 2 is 2.05 bits per heavy atom. The van der Waals surface area contributed by atoms with Crippen LogP contribution in [0.15, 0.2) is 18.3 Å². The molecule has 0 atom stereocenters. The monoisotopic (exact) mass is 278 g/mol. The van der Waals surface area contributed by atoms with Crippen molar-refractivity contribution >= 4 is 11.7 Å². The molecular weight excluding hydrogens is 252 g/mol. The molecule has 5 nitrogen and oxygen atoms in total. The maximum Gasteiger partial charge on any atom is 0.252 e. The first-order valence-corrected chi connectivity index (χ1v) is 6.97. The van der Waals surface area contributed by atoms with Crippen LogP contribution in [0.2, 0.25) is 0 Å². The van der Waals surface area contributed by atoms with Crippen LogP contribution in [0.25, 0.3) is 0 Å². The van der Waals surface area contributed by atoms with Crippen molar-refractivity contribution in [2.75, 3.05) is 39.0 Å². The molecule has 1 amide bonds. The third-order valence-electron chi connectivity index (χ3n) is 2.86. The van der Waals surface area contributed by atoms with Crippen LogP contribution in [0, 0.1) is 5.41 Å². The van der Waals surface area contributed by atoms with Crippen molar-refractivity contribution in [1.82, 2.24) is 15.2 Å². The lowest BCUT2D eigenvalue weighted by molar-refractivity contribution is 0.0929. The van der Waals surface area contributed by atoms with E-state index in [2.05, 4.69) is 34.4 Å². The largest absolute Gasteiger partial charge is 0.370 e. The Bertz CT molecular complexity index is 426. The van der Waals surface area contributed by atoms with Gasteiger partial charge in [0.25, 0.3) is 5.91 Å². The molecule has 1 heterocycles. The standard InChI is InChI=1S/C15H26N4O/c1-6-16-13-8-7-12(9-17-13)14(20)18-10-15(2,3)11-19(4)5/h7-9H,6,10-11H2,1-5H3,(H,16,17)(H,18,20). The predicted molar refractivity (Wildman–Crippen MR) is 83.1 cm³/mol. The maximum atomic E-state index is 12.1. The summed E-state index contributed by atoms with van der Waals surface area (Å²) in [6.45, 7) is 8.66. The van der Waals surface area contributed by atoms with Crippen molar-refractivity contribution in [1.29, 1.82) is 0 Å². The lowest BCUT2D eigenvalue weighted by Crippen LogP contribution is -2.40. The molecule has 0 fully saturated rings. The summed E-state index contributed by atoms with van der Waals surface area (Å²) in [4.78, 5) is 18.4. The molecule has 112 valence electrons. The highest BCUT2D eigenvalue weighted by Crippen LogP contribution is 2.14. The minimum Gasteiger partial charge on any atom is -0.370 e. The molecule has 0 aliphatic heterocycles. The number of amides is 1. The van der Waals surface area contributed by atoms with Gasteiger partial charge >= 0.3 is 0 Å².